The number of nitrogens with zero attached hydrogens (tertiary/aromatic N) is 4. The van der Waals surface area contributed by atoms with Gasteiger partial charge in [0.15, 0.2) is 0 Å². The summed E-state index contributed by atoms with van der Waals surface area (Å²) in [7, 11) is 3.28. The van der Waals surface area contributed by atoms with Gasteiger partial charge in [-0.25, -0.2) is 0 Å². The molecule has 0 spiro atoms. The van der Waals surface area contributed by atoms with E-state index in [4.69, 9.17) is 4.74 Å². The highest BCUT2D eigenvalue weighted by molar-refractivity contribution is 6.52. The van der Waals surface area contributed by atoms with Gasteiger partial charge in [0, 0.05) is 19.3 Å². The average Bonchev–Trinajstić information content (AvgIpc) is 2.96. The molecule has 2 heterocycles. The first kappa shape index (κ1) is 12.3. The molecule has 1 aliphatic heterocycles. The molecule has 0 atom stereocenters. The fourth-order valence-electron chi connectivity index (χ4n) is 2.19. The predicted molar refractivity (Wildman–Crippen MR) is 69.5 cm³/mol. The zero-order valence-electron chi connectivity index (χ0n) is 11.0. The number of ether oxygens (including phenoxy) is 1. The minimum absolute atomic E-state index is 0.207. The van der Waals surface area contributed by atoms with Gasteiger partial charge in [0.2, 0.25) is 0 Å². The topological polar surface area (TPSA) is 77.3 Å². The van der Waals surface area contributed by atoms with Crippen molar-refractivity contribution in [2.75, 3.05) is 12.0 Å². The first-order valence-corrected chi connectivity index (χ1v) is 5.99. The lowest BCUT2D eigenvalue weighted by atomic mass is 10.1. The van der Waals surface area contributed by atoms with Crippen LogP contribution in [-0.4, -0.2) is 33.8 Å². The number of hydrogen-bond donors (Lipinski definition) is 0. The van der Waals surface area contributed by atoms with Gasteiger partial charge in [-0.2, -0.15) is 0 Å². The van der Waals surface area contributed by atoms with E-state index in [1.165, 1.54) is 12.0 Å². The second-order valence-electron chi connectivity index (χ2n) is 4.49. The number of Topliss-reactive ketones (excluding diaryl/α,β-unsaturated/α-hetero) is 1. The molecule has 1 amide bonds. The molecule has 7 nitrogen and oxygen atoms in total. The van der Waals surface area contributed by atoms with Crippen molar-refractivity contribution in [1.29, 1.82) is 0 Å². The highest BCUT2D eigenvalue weighted by atomic mass is 16.5. The van der Waals surface area contributed by atoms with Gasteiger partial charge in [-0.15, -0.1) is 5.10 Å². The Morgan fingerprint density at radius 1 is 1.30 bits per heavy atom. The quantitative estimate of drug-likeness (QED) is 0.763. The van der Waals surface area contributed by atoms with Crippen LogP contribution in [0.15, 0.2) is 24.4 Å². The number of carbonyl (C=O) groups is 2. The van der Waals surface area contributed by atoms with Gasteiger partial charge in [0.25, 0.3) is 11.7 Å². The minimum atomic E-state index is -0.557. The molecule has 0 unspecified atom stereocenters. The molecule has 0 bridgehead atoms. The number of ketones is 1. The van der Waals surface area contributed by atoms with Crippen LogP contribution >= 0.6 is 0 Å². The SMILES string of the molecule is COc1ccc2c(c1)N(Cc1cn(C)nn1)C(=O)C2=O. The Kier molecular flexibility index (Phi) is 2.74. The highest BCUT2D eigenvalue weighted by Crippen LogP contribution is 2.33. The number of methoxy groups -OCH3 is 1. The van der Waals surface area contributed by atoms with Gasteiger partial charge in [0.05, 0.1) is 24.9 Å². The van der Waals surface area contributed by atoms with E-state index < -0.39 is 11.7 Å². The number of aryl methyl sites for hydroxylation is 1. The molecule has 3 rings (SSSR count). The van der Waals surface area contributed by atoms with Gasteiger partial charge < -0.3 is 4.74 Å². The Morgan fingerprint density at radius 3 is 2.75 bits per heavy atom. The summed E-state index contributed by atoms with van der Waals surface area (Å²) in [6.07, 6.45) is 1.70. The maximum absolute atomic E-state index is 12.1. The number of aromatic nitrogens is 3. The second-order valence-corrected chi connectivity index (χ2v) is 4.49. The molecule has 0 saturated carbocycles. The number of amides is 1. The first-order valence-electron chi connectivity index (χ1n) is 5.99. The summed E-state index contributed by atoms with van der Waals surface area (Å²) >= 11 is 0. The third kappa shape index (κ3) is 1.83. The van der Waals surface area contributed by atoms with Gasteiger partial charge in [-0.1, -0.05) is 5.21 Å². The molecular formula is C13H12N4O3. The summed E-state index contributed by atoms with van der Waals surface area (Å²) in [4.78, 5) is 25.4. The van der Waals surface area contributed by atoms with Gasteiger partial charge in [0.1, 0.15) is 11.4 Å². The number of anilines is 1. The molecule has 2 aromatic rings. The van der Waals surface area contributed by atoms with Crippen LogP contribution in [0, 0.1) is 0 Å². The van der Waals surface area contributed by atoms with Crippen LogP contribution in [-0.2, 0) is 18.4 Å². The van der Waals surface area contributed by atoms with Crippen molar-refractivity contribution in [2.24, 2.45) is 7.05 Å². The average molecular weight is 272 g/mol. The molecule has 0 aliphatic carbocycles. The Hall–Kier alpha value is -2.70. The Morgan fingerprint density at radius 2 is 2.10 bits per heavy atom. The normalized spacial score (nSPS) is 13.8. The molecule has 20 heavy (non-hydrogen) atoms. The van der Waals surface area contributed by atoms with Crippen LogP contribution in [0.3, 0.4) is 0 Å². The molecule has 102 valence electrons. The van der Waals surface area contributed by atoms with Crippen molar-refractivity contribution in [3.8, 4) is 5.75 Å². The minimum Gasteiger partial charge on any atom is -0.497 e. The largest absolute Gasteiger partial charge is 0.497 e. The third-order valence-electron chi connectivity index (χ3n) is 3.15. The molecule has 0 N–H and O–H groups in total. The van der Waals surface area contributed by atoms with E-state index in [1.54, 1.807) is 36.1 Å². The standard InChI is InChI=1S/C13H12N4O3/c1-16-6-8(14-15-16)7-17-11-5-9(20-2)3-4-10(11)12(18)13(17)19/h3-6H,7H2,1-2H3. The summed E-state index contributed by atoms with van der Waals surface area (Å²) in [6, 6.07) is 4.94. The van der Waals surface area contributed by atoms with Crippen molar-refractivity contribution in [1.82, 2.24) is 15.0 Å². The molecule has 1 aliphatic rings. The van der Waals surface area contributed by atoms with Crippen molar-refractivity contribution < 1.29 is 14.3 Å². The summed E-state index contributed by atoms with van der Waals surface area (Å²) in [5.41, 5.74) is 1.55. The maximum Gasteiger partial charge on any atom is 0.299 e. The predicted octanol–water partition coefficient (Wildman–Crippen LogP) is 0.553. The van der Waals surface area contributed by atoms with Gasteiger partial charge in [-0.3, -0.25) is 19.2 Å². The van der Waals surface area contributed by atoms with Crippen molar-refractivity contribution in [3.63, 3.8) is 0 Å². The lowest BCUT2D eigenvalue weighted by molar-refractivity contribution is -0.114. The van der Waals surface area contributed by atoms with E-state index >= 15 is 0 Å². The zero-order valence-corrected chi connectivity index (χ0v) is 11.0. The van der Waals surface area contributed by atoms with E-state index in [0.29, 0.717) is 22.7 Å². The Labute approximate surface area is 114 Å². The summed E-state index contributed by atoms with van der Waals surface area (Å²) < 4.78 is 6.68. The number of rotatable bonds is 3. The zero-order chi connectivity index (χ0) is 14.3. The molecule has 1 aromatic heterocycles. The molecule has 1 aromatic carbocycles. The monoisotopic (exact) mass is 272 g/mol. The Bertz CT molecular complexity index is 707. The van der Waals surface area contributed by atoms with Gasteiger partial charge in [-0.05, 0) is 12.1 Å². The van der Waals surface area contributed by atoms with E-state index in [1.807, 2.05) is 0 Å². The van der Waals surface area contributed by atoms with Crippen LogP contribution < -0.4 is 9.64 Å². The lowest BCUT2D eigenvalue weighted by Gasteiger charge is -2.15. The fourth-order valence-corrected chi connectivity index (χ4v) is 2.19. The number of fused-ring (bicyclic) bond motifs is 1. The molecule has 0 radical (unpaired) electrons. The number of carbonyl (C=O) groups excluding carboxylic acids is 2. The lowest BCUT2D eigenvalue weighted by Crippen LogP contribution is -2.29. The summed E-state index contributed by atoms with van der Waals surface area (Å²) in [5.74, 6) is -0.471. The van der Waals surface area contributed by atoms with Crippen molar-refractivity contribution >= 4 is 17.4 Å². The van der Waals surface area contributed by atoms with E-state index in [0.717, 1.165) is 0 Å². The van der Waals surface area contributed by atoms with Crippen molar-refractivity contribution in [2.45, 2.75) is 6.54 Å². The maximum atomic E-state index is 12.1. The van der Waals surface area contributed by atoms with Crippen LogP contribution in [0.25, 0.3) is 0 Å². The Balaban J connectivity index is 2.00. The van der Waals surface area contributed by atoms with Crippen LogP contribution in [0.5, 0.6) is 5.75 Å². The van der Waals surface area contributed by atoms with Crippen LogP contribution in [0.1, 0.15) is 16.1 Å². The summed E-state index contributed by atoms with van der Waals surface area (Å²) in [5, 5.41) is 7.74. The van der Waals surface area contributed by atoms with Crippen LogP contribution in [0.2, 0.25) is 0 Å². The fraction of sp³-hybridized carbons (Fsp3) is 0.231. The first-order chi connectivity index (χ1) is 9.60. The third-order valence-corrected chi connectivity index (χ3v) is 3.15. The van der Waals surface area contributed by atoms with E-state index in [2.05, 4.69) is 10.3 Å². The smallest absolute Gasteiger partial charge is 0.299 e. The molecular weight excluding hydrogens is 260 g/mol. The van der Waals surface area contributed by atoms with Crippen molar-refractivity contribution in [3.05, 3.63) is 35.7 Å². The highest BCUT2D eigenvalue weighted by Gasteiger charge is 2.36. The number of benzene rings is 1. The van der Waals surface area contributed by atoms with E-state index in [-0.39, 0.29) is 6.54 Å². The van der Waals surface area contributed by atoms with Gasteiger partial charge >= 0.3 is 0 Å². The molecule has 0 saturated heterocycles. The second kappa shape index (κ2) is 4.44. The molecule has 0 fully saturated rings. The summed E-state index contributed by atoms with van der Waals surface area (Å²) in [6.45, 7) is 0.207. The number of hydrogen-bond acceptors (Lipinski definition) is 5. The van der Waals surface area contributed by atoms with Crippen LogP contribution in [0.4, 0.5) is 5.69 Å². The molecule has 7 heteroatoms. The van der Waals surface area contributed by atoms with E-state index in [9.17, 15) is 9.59 Å².